The number of alkyl halides is 1. The van der Waals surface area contributed by atoms with Crippen molar-refractivity contribution in [2.24, 2.45) is 0 Å². The lowest BCUT2D eigenvalue weighted by Gasteiger charge is -2.26. The van der Waals surface area contributed by atoms with Gasteiger partial charge in [0.1, 0.15) is 0 Å². The van der Waals surface area contributed by atoms with Gasteiger partial charge in [0.25, 0.3) is 0 Å². The van der Waals surface area contributed by atoms with Crippen LogP contribution in [0.15, 0.2) is 27.6 Å². The second-order valence-electron chi connectivity index (χ2n) is 3.91. The standard InChI is InChI=1S/C11H13BrClNO2S2/c12-10-7-9(8-13)1-2-11(10)18(15,16)14-3-5-17-6-4-14/h1-2,7H,3-6,8H2. The van der Waals surface area contributed by atoms with E-state index >= 15 is 0 Å². The molecule has 0 unspecified atom stereocenters. The van der Waals surface area contributed by atoms with Crippen molar-refractivity contribution in [1.82, 2.24) is 4.31 Å². The van der Waals surface area contributed by atoms with Crippen molar-refractivity contribution in [2.45, 2.75) is 10.8 Å². The van der Waals surface area contributed by atoms with Crippen LogP contribution < -0.4 is 0 Å². The van der Waals surface area contributed by atoms with E-state index in [2.05, 4.69) is 15.9 Å². The smallest absolute Gasteiger partial charge is 0.207 e. The molecular weight excluding hydrogens is 358 g/mol. The Kier molecular flexibility index (Phi) is 4.99. The number of nitrogens with zero attached hydrogens (tertiary/aromatic N) is 1. The Labute approximate surface area is 125 Å². The highest BCUT2D eigenvalue weighted by molar-refractivity contribution is 9.10. The molecule has 0 aromatic heterocycles. The zero-order valence-electron chi connectivity index (χ0n) is 9.60. The Balaban J connectivity index is 2.34. The molecule has 18 heavy (non-hydrogen) atoms. The van der Waals surface area contributed by atoms with E-state index in [9.17, 15) is 8.42 Å². The predicted octanol–water partition coefficient (Wildman–Crippen LogP) is 2.93. The summed E-state index contributed by atoms with van der Waals surface area (Å²) in [5.74, 6) is 2.09. The molecule has 0 bridgehead atoms. The third kappa shape index (κ3) is 3.04. The number of hydrogen-bond donors (Lipinski definition) is 0. The molecule has 0 aliphatic carbocycles. The molecule has 1 fully saturated rings. The first-order chi connectivity index (χ1) is 8.55. The summed E-state index contributed by atoms with van der Waals surface area (Å²) < 4.78 is 27.1. The van der Waals surface area contributed by atoms with E-state index in [1.807, 2.05) is 0 Å². The maximum atomic E-state index is 12.5. The highest BCUT2D eigenvalue weighted by atomic mass is 79.9. The highest BCUT2D eigenvalue weighted by Gasteiger charge is 2.27. The first-order valence-corrected chi connectivity index (χ1v) is 9.40. The summed E-state index contributed by atoms with van der Waals surface area (Å²) >= 11 is 10.8. The quantitative estimate of drug-likeness (QED) is 0.768. The fourth-order valence-electron chi connectivity index (χ4n) is 1.76. The average molecular weight is 371 g/mol. The van der Waals surface area contributed by atoms with Gasteiger partial charge in [0.05, 0.1) is 4.90 Å². The summed E-state index contributed by atoms with van der Waals surface area (Å²) in [6, 6.07) is 5.14. The van der Waals surface area contributed by atoms with Crippen LogP contribution >= 0.6 is 39.3 Å². The summed E-state index contributed by atoms with van der Waals surface area (Å²) in [7, 11) is -3.39. The fourth-order valence-corrected chi connectivity index (χ4v) is 5.59. The first kappa shape index (κ1) is 14.7. The zero-order valence-corrected chi connectivity index (χ0v) is 13.6. The van der Waals surface area contributed by atoms with E-state index in [1.165, 1.54) is 0 Å². The van der Waals surface area contributed by atoms with Crippen LogP contribution in [0.5, 0.6) is 0 Å². The number of benzene rings is 1. The number of rotatable bonds is 3. The molecular formula is C11H13BrClNO2S2. The van der Waals surface area contributed by atoms with Gasteiger partial charge in [-0.2, -0.15) is 16.1 Å². The van der Waals surface area contributed by atoms with Crippen molar-refractivity contribution in [3.05, 3.63) is 28.2 Å². The first-order valence-electron chi connectivity index (χ1n) is 5.48. The van der Waals surface area contributed by atoms with E-state index in [0.717, 1.165) is 17.1 Å². The highest BCUT2D eigenvalue weighted by Crippen LogP contribution is 2.28. The summed E-state index contributed by atoms with van der Waals surface area (Å²) in [6.07, 6.45) is 0. The van der Waals surface area contributed by atoms with E-state index in [-0.39, 0.29) is 0 Å². The van der Waals surface area contributed by atoms with Crippen LogP contribution in [0.1, 0.15) is 5.56 Å². The molecule has 0 saturated carbocycles. The van der Waals surface area contributed by atoms with Crippen molar-refractivity contribution in [1.29, 1.82) is 0 Å². The van der Waals surface area contributed by atoms with Crippen molar-refractivity contribution >= 4 is 49.3 Å². The third-order valence-electron chi connectivity index (χ3n) is 2.74. The SMILES string of the molecule is O=S(=O)(c1ccc(CCl)cc1Br)N1CCSCC1. The molecule has 2 rings (SSSR count). The molecule has 0 radical (unpaired) electrons. The molecule has 1 heterocycles. The molecule has 0 atom stereocenters. The van der Waals surface area contributed by atoms with E-state index < -0.39 is 10.0 Å². The Morgan fingerprint density at radius 1 is 1.33 bits per heavy atom. The Morgan fingerprint density at radius 3 is 2.56 bits per heavy atom. The van der Waals surface area contributed by atoms with Gasteiger partial charge < -0.3 is 0 Å². The lowest BCUT2D eigenvalue weighted by atomic mass is 10.2. The summed E-state index contributed by atoms with van der Waals surface area (Å²) in [6.45, 7) is 1.16. The van der Waals surface area contributed by atoms with Crippen LogP contribution in [0.3, 0.4) is 0 Å². The lowest BCUT2D eigenvalue weighted by molar-refractivity contribution is 0.443. The zero-order chi connectivity index (χ0) is 13.2. The molecule has 1 aliphatic rings. The molecule has 7 heteroatoms. The molecule has 1 aliphatic heterocycles. The van der Waals surface area contributed by atoms with Gasteiger partial charge in [-0.25, -0.2) is 8.42 Å². The van der Waals surface area contributed by atoms with Crippen LogP contribution in [0.2, 0.25) is 0 Å². The third-order valence-corrected chi connectivity index (χ3v) is 6.86. The van der Waals surface area contributed by atoms with Gasteiger partial charge in [0.2, 0.25) is 10.0 Å². The van der Waals surface area contributed by atoms with Gasteiger partial charge in [0, 0.05) is 34.9 Å². The largest absolute Gasteiger partial charge is 0.244 e. The average Bonchev–Trinajstić information content (AvgIpc) is 2.39. The molecule has 3 nitrogen and oxygen atoms in total. The fraction of sp³-hybridized carbons (Fsp3) is 0.455. The minimum Gasteiger partial charge on any atom is -0.207 e. The normalized spacial score (nSPS) is 17.9. The molecule has 1 aromatic rings. The van der Waals surface area contributed by atoms with E-state index in [0.29, 0.717) is 28.3 Å². The summed E-state index contributed by atoms with van der Waals surface area (Å²) in [5, 5.41) is 0. The van der Waals surface area contributed by atoms with Gasteiger partial charge in [-0.15, -0.1) is 11.6 Å². The second-order valence-corrected chi connectivity index (χ2v) is 8.17. The number of hydrogen-bond acceptors (Lipinski definition) is 3. The van der Waals surface area contributed by atoms with Gasteiger partial charge in [0.15, 0.2) is 0 Å². The molecule has 0 N–H and O–H groups in total. The van der Waals surface area contributed by atoms with Crippen LogP contribution in [0.25, 0.3) is 0 Å². The maximum Gasteiger partial charge on any atom is 0.244 e. The predicted molar refractivity (Wildman–Crippen MR) is 79.8 cm³/mol. The van der Waals surface area contributed by atoms with Crippen molar-refractivity contribution < 1.29 is 8.42 Å². The molecule has 1 saturated heterocycles. The Bertz CT molecular complexity index is 530. The van der Waals surface area contributed by atoms with Crippen LogP contribution in [-0.4, -0.2) is 37.3 Å². The van der Waals surface area contributed by atoms with Gasteiger partial charge in [-0.1, -0.05) is 6.07 Å². The van der Waals surface area contributed by atoms with E-state index in [1.54, 1.807) is 34.3 Å². The molecule has 0 amide bonds. The van der Waals surface area contributed by atoms with Crippen LogP contribution in [0, 0.1) is 0 Å². The summed E-state index contributed by atoms with van der Waals surface area (Å²) in [4.78, 5) is 0.322. The van der Waals surface area contributed by atoms with Gasteiger partial charge >= 0.3 is 0 Å². The lowest BCUT2D eigenvalue weighted by Crippen LogP contribution is -2.38. The van der Waals surface area contributed by atoms with Gasteiger partial charge in [-0.3, -0.25) is 0 Å². The molecule has 1 aromatic carbocycles. The minimum atomic E-state index is -3.39. The summed E-state index contributed by atoms with van der Waals surface area (Å²) in [5.41, 5.74) is 0.900. The van der Waals surface area contributed by atoms with Crippen LogP contribution in [0.4, 0.5) is 0 Å². The van der Waals surface area contributed by atoms with Crippen LogP contribution in [-0.2, 0) is 15.9 Å². The second kappa shape index (κ2) is 6.13. The molecule has 100 valence electrons. The maximum absolute atomic E-state index is 12.5. The Hall–Kier alpha value is 0.250. The topological polar surface area (TPSA) is 37.4 Å². The number of thioether (sulfide) groups is 1. The van der Waals surface area contributed by atoms with Crippen molar-refractivity contribution in [3.8, 4) is 0 Å². The minimum absolute atomic E-state index is 0.322. The molecule has 0 spiro atoms. The monoisotopic (exact) mass is 369 g/mol. The van der Waals surface area contributed by atoms with Crippen molar-refractivity contribution in [2.75, 3.05) is 24.6 Å². The number of sulfonamides is 1. The van der Waals surface area contributed by atoms with Crippen molar-refractivity contribution in [3.63, 3.8) is 0 Å². The van der Waals surface area contributed by atoms with E-state index in [4.69, 9.17) is 11.6 Å². The Morgan fingerprint density at radius 2 is 2.00 bits per heavy atom. The number of halogens is 2. The van der Waals surface area contributed by atoms with Gasteiger partial charge in [-0.05, 0) is 33.6 Å².